The van der Waals surface area contributed by atoms with E-state index in [-0.39, 0.29) is 11.9 Å². The molecule has 0 aromatic heterocycles. The smallest absolute Gasteiger partial charge is 0.126 e. The van der Waals surface area contributed by atoms with Crippen LogP contribution in [0, 0.1) is 12.7 Å². The maximum absolute atomic E-state index is 13.7. The second-order valence-electron chi connectivity index (χ2n) is 8.46. The molecule has 3 aromatic rings. The first-order valence-electron chi connectivity index (χ1n) is 11.2. The minimum Gasteiger partial charge on any atom is -0.486 e. The highest BCUT2D eigenvalue weighted by Gasteiger charge is 2.20. The summed E-state index contributed by atoms with van der Waals surface area (Å²) in [7, 11) is 0. The van der Waals surface area contributed by atoms with E-state index in [9.17, 15) is 4.39 Å². The van der Waals surface area contributed by atoms with Crippen LogP contribution in [-0.4, -0.2) is 42.5 Å². The molecule has 1 saturated heterocycles. The molecular formula is C27H30ClFN2O. The molecule has 0 saturated carbocycles. The van der Waals surface area contributed by atoms with Gasteiger partial charge in [0.25, 0.3) is 0 Å². The first-order chi connectivity index (χ1) is 15.6. The molecule has 0 radical (unpaired) electrons. The van der Waals surface area contributed by atoms with Crippen molar-refractivity contribution in [3.63, 3.8) is 0 Å². The first kappa shape index (κ1) is 22.8. The number of hydrogen-bond donors (Lipinski definition) is 0. The third-order valence-corrected chi connectivity index (χ3v) is 6.28. The third-order valence-electron chi connectivity index (χ3n) is 6.05. The van der Waals surface area contributed by atoms with Gasteiger partial charge in [-0.3, -0.25) is 4.90 Å². The van der Waals surface area contributed by atoms with Gasteiger partial charge in [0.2, 0.25) is 0 Å². The van der Waals surface area contributed by atoms with E-state index < -0.39 is 0 Å². The van der Waals surface area contributed by atoms with E-state index in [0.29, 0.717) is 16.3 Å². The molecule has 1 heterocycles. The summed E-state index contributed by atoms with van der Waals surface area (Å²) in [5.41, 5.74) is 2.99. The average molecular weight is 453 g/mol. The molecule has 0 amide bonds. The van der Waals surface area contributed by atoms with Crippen LogP contribution < -0.4 is 4.74 Å². The quantitative estimate of drug-likeness (QED) is 0.409. The maximum Gasteiger partial charge on any atom is 0.126 e. The summed E-state index contributed by atoms with van der Waals surface area (Å²) in [5.74, 6) is 0.464. The van der Waals surface area contributed by atoms with Gasteiger partial charge in [-0.25, -0.2) is 4.39 Å². The Morgan fingerprint density at radius 3 is 2.38 bits per heavy atom. The molecule has 0 N–H and O–H groups in total. The second kappa shape index (κ2) is 11.0. The van der Waals surface area contributed by atoms with Gasteiger partial charge < -0.3 is 9.64 Å². The normalized spacial score (nSPS) is 16.1. The Morgan fingerprint density at radius 2 is 1.66 bits per heavy atom. The lowest BCUT2D eigenvalue weighted by Gasteiger charge is -2.35. The molecule has 1 aliphatic rings. The molecule has 3 nitrogen and oxygen atoms in total. The van der Waals surface area contributed by atoms with Gasteiger partial charge in [-0.2, -0.15) is 0 Å². The highest BCUT2D eigenvalue weighted by molar-refractivity contribution is 6.30. The van der Waals surface area contributed by atoms with Gasteiger partial charge >= 0.3 is 0 Å². The van der Waals surface area contributed by atoms with Crippen LogP contribution in [0.1, 0.15) is 29.2 Å². The number of hydrogen-bond acceptors (Lipinski definition) is 3. The monoisotopic (exact) mass is 452 g/mol. The third kappa shape index (κ3) is 6.32. The van der Waals surface area contributed by atoms with Crippen molar-refractivity contribution >= 4 is 11.6 Å². The lowest BCUT2D eigenvalue weighted by Crippen LogP contribution is -2.46. The summed E-state index contributed by atoms with van der Waals surface area (Å²) in [6.45, 7) is 7.92. The van der Waals surface area contributed by atoms with Crippen LogP contribution in [0.15, 0.2) is 72.8 Å². The molecule has 1 unspecified atom stereocenters. The number of aryl methyl sites for hydroxylation is 1. The first-order valence-corrected chi connectivity index (χ1v) is 11.6. The zero-order valence-electron chi connectivity index (χ0n) is 18.5. The molecule has 5 heteroatoms. The molecule has 4 rings (SSSR count). The standard InChI is InChI=1S/C27H30ClFN2O/c1-21-18-25(10-11-26(21)29)32-27(23-8-5-9-24(28)19-23)12-13-30-14-16-31(17-15-30)20-22-6-3-2-4-7-22/h2-11,18-19,27H,12-17,20H2,1H3. The molecule has 0 spiro atoms. The average Bonchev–Trinajstić information content (AvgIpc) is 2.80. The molecule has 1 fully saturated rings. The van der Waals surface area contributed by atoms with Crippen LogP contribution in [-0.2, 0) is 6.54 Å². The lowest BCUT2D eigenvalue weighted by molar-refractivity contribution is 0.107. The molecule has 1 aliphatic heterocycles. The minimum atomic E-state index is -0.218. The zero-order valence-corrected chi connectivity index (χ0v) is 19.3. The zero-order chi connectivity index (χ0) is 22.3. The summed E-state index contributed by atoms with van der Waals surface area (Å²) in [5, 5.41) is 0.695. The largest absolute Gasteiger partial charge is 0.486 e. The van der Waals surface area contributed by atoms with Gasteiger partial charge in [0.05, 0.1) is 0 Å². The fourth-order valence-electron chi connectivity index (χ4n) is 4.17. The second-order valence-corrected chi connectivity index (χ2v) is 8.90. The summed E-state index contributed by atoms with van der Waals surface area (Å²) in [6, 6.07) is 23.4. The van der Waals surface area contributed by atoms with Crippen molar-refractivity contribution in [3.8, 4) is 5.75 Å². The van der Waals surface area contributed by atoms with Crippen LogP contribution in [0.25, 0.3) is 0 Å². The molecule has 168 valence electrons. The predicted molar refractivity (Wildman–Crippen MR) is 129 cm³/mol. The Bertz CT molecular complexity index is 1010. The molecule has 3 aromatic carbocycles. The van der Waals surface area contributed by atoms with Gasteiger partial charge in [-0.05, 0) is 53.9 Å². The van der Waals surface area contributed by atoms with Crippen molar-refractivity contribution < 1.29 is 9.13 Å². The Labute approximate surface area is 195 Å². The van der Waals surface area contributed by atoms with E-state index in [1.807, 2.05) is 24.3 Å². The SMILES string of the molecule is Cc1cc(OC(CCN2CCN(Cc3ccccc3)CC2)c2cccc(Cl)c2)ccc1F. The van der Waals surface area contributed by atoms with Crippen molar-refractivity contribution in [2.45, 2.75) is 26.0 Å². The predicted octanol–water partition coefficient (Wildman–Crippen LogP) is 6.12. The summed E-state index contributed by atoms with van der Waals surface area (Å²) in [6.07, 6.45) is 0.705. The summed E-state index contributed by atoms with van der Waals surface area (Å²) < 4.78 is 20.0. The van der Waals surface area contributed by atoms with Crippen LogP contribution >= 0.6 is 11.6 Å². The fourth-order valence-corrected chi connectivity index (χ4v) is 4.37. The Morgan fingerprint density at radius 1 is 0.906 bits per heavy atom. The van der Waals surface area contributed by atoms with Crippen molar-refractivity contribution in [1.29, 1.82) is 0 Å². The number of nitrogens with zero attached hydrogens (tertiary/aromatic N) is 2. The summed E-state index contributed by atoms with van der Waals surface area (Å²) in [4.78, 5) is 5.01. The van der Waals surface area contributed by atoms with Crippen LogP contribution in [0.5, 0.6) is 5.75 Å². The number of benzene rings is 3. The van der Waals surface area contributed by atoms with Crippen molar-refractivity contribution in [1.82, 2.24) is 9.80 Å². The van der Waals surface area contributed by atoms with E-state index >= 15 is 0 Å². The van der Waals surface area contributed by atoms with Crippen LogP contribution in [0.3, 0.4) is 0 Å². The van der Waals surface area contributed by atoms with Gasteiger partial charge in [0, 0.05) is 50.7 Å². The molecular weight excluding hydrogens is 423 g/mol. The van der Waals surface area contributed by atoms with Crippen molar-refractivity contribution in [3.05, 3.63) is 100 Å². The molecule has 32 heavy (non-hydrogen) atoms. The van der Waals surface area contributed by atoms with E-state index in [2.05, 4.69) is 40.1 Å². The summed E-state index contributed by atoms with van der Waals surface area (Å²) >= 11 is 6.25. The van der Waals surface area contributed by atoms with Gasteiger partial charge in [0.15, 0.2) is 0 Å². The molecule has 1 atom stereocenters. The van der Waals surface area contributed by atoms with Crippen molar-refractivity contribution in [2.24, 2.45) is 0 Å². The molecule has 0 bridgehead atoms. The highest BCUT2D eigenvalue weighted by atomic mass is 35.5. The van der Waals surface area contributed by atoms with Gasteiger partial charge in [0.1, 0.15) is 17.7 Å². The van der Waals surface area contributed by atoms with Gasteiger partial charge in [-0.15, -0.1) is 0 Å². The fraction of sp³-hybridized carbons (Fsp3) is 0.333. The molecule has 0 aliphatic carbocycles. The lowest BCUT2D eigenvalue weighted by atomic mass is 10.1. The van der Waals surface area contributed by atoms with Gasteiger partial charge in [-0.1, -0.05) is 54.1 Å². The van der Waals surface area contributed by atoms with Crippen molar-refractivity contribution in [2.75, 3.05) is 32.7 Å². The van der Waals surface area contributed by atoms with E-state index in [1.165, 1.54) is 11.6 Å². The highest BCUT2D eigenvalue weighted by Crippen LogP contribution is 2.28. The van der Waals surface area contributed by atoms with Crippen LogP contribution in [0.2, 0.25) is 5.02 Å². The van der Waals surface area contributed by atoms with E-state index in [4.69, 9.17) is 16.3 Å². The maximum atomic E-state index is 13.7. The van der Waals surface area contributed by atoms with E-state index in [1.54, 1.807) is 19.1 Å². The Hall–Kier alpha value is -2.40. The van der Waals surface area contributed by atoms with E-state index in [0.717, 1.165) is 51.3 Å². The Balaban J connectivity index is 1.35. The van der Waals surface area contributed by atoms with Crippen LogP contribution in [0.4, 0.5) is 4.39 Å². The number of rotatable bonds is 8. The minimum absolute atomic E-state index is 0.138. The topological polar surface area (TPSA) is 15.7 Å². The number of ether oxygens (including phenoxy) is 1. The number of piperazine rings is 1. The Kier molecular flexibility index (Phi) is 7.80. The number of halogens is 2.